The van der Waals surface area contributed by atoms with Crippen LogP contribution in [0.4, 0.5) is 0 Å². The number of hydrogen-bond donors (Lipinski definition) is 1. The molecule has 1 aliphatic heterocycles. The minimum absolute atomic E-state index is 0.00446. The third-order valence-electron chi connectivity index (χ3n) is 3.92. The van der Waals surface area contributed by atoms with Crippen LogP contribution in [0, 0.1) is 0 Å². The Kier molecular flexibility index (Phi) is 3.86. The number of rotatable bonds is 3. The predicted molar refractivity (Wildman–Crippen MR) is 87.1 cm³/mol. The van der Waals surface area contributed by atoms with Gasteiger partial charge in [-0.3, -0.25) is 4.79 Å². The molecule has 1 atom stereocenters. The number of nitrogens with zero attached hydrogens (tertiary/aromatic N) is 1. The maximum atomic E-state index is 12.1. The number of hydrogen-bond acceptors (Lipinski definition) is 3. The fourth-order valence-electron chi connectivity index (χ4n) is 2.78. The van der Waals surface area contributed by atoms with Crippen LogP contribution in [0.1, 0.15) is 15.9 Å². The van der Waals surface area contributed by atoms with E-state index in [1.54, 1.807) is 19.0 Å². The molecule has 0 saturated heterocycles. The number of ether oxygens (including phenoxy) is 1. The van der Waals surface area contributed by atoms with E-state index in [4.69, 9.17) is 10.5 Å². The maximum Gasteiger partial charge on any atom is 0.253 e. The summed E-state index contributed by atoms with van der Waals surface area (Å²) in [5.74, 6) is 0.891. The Bertz CT molecular complexity index is 710. The lowest BCUT2D eigenvalue weighted by molar-refractivity contribution is 0.0827. The third kappa shape index (κ3) is 2.57. The van der Waals surface area contributed by atoms with Crippen molar-refractivity contribution in [3.8, 4) is 16.9 Å². The van der Waals surface area contributed by atoms with Crippen molar-refractivity contribution in [2.45, 2.75) is 12.5 Å². The first-order chi connectivity index (χ1) is 10.6. The Balaban J connectivity index is 2.02. The zero-order valence-electron chi connectivity index (χ0n) is 12.9. The van der Waals surface area contributed by atoms with Crippen LogP contribution in [0.25, 0.3) is 11.1 Å². The Morgan fingerprint density at radius 3 is 2.77 bits per heavy atom. The fraction of sp³-hybridized carbons (Fsp3) is 0.278. The third-order valence-corrected chi connectivity index (χ3v) is 3.92. The van der Waals surface area contributed by atoms with E-state index in [0.717, 1.165) is 23.3 Å². The monoisotopic (exact) mass is 296 g/mol. The molecular weight excluding hydrogens is 276 g/mol. The molecule has 0 bridgehead atoms. The number of benzene rings is 2. The molecule has 0 radical (unpaired) electrons. The molecule has 1 unspecified atom stereocenters. The molecule has 22 heavy (non-hydrogen) atoms. The molecule has 2 aromatic rings. The second kappa shape index (κ2) is 5.81. The summed E-state index contributed by atoms with van der Waals surface area (Å²) in [5, 5.41) is 0. The maximum absolute atomic E-state index is 12.1. The van der Waals surface area contributed by atoms with Gasteiger partial charge in [-0.25, -0.2) is 0 Å². The zero-order valence-corrected chi connectivity index (χ0v) is 12.9. The topological polar surface area (TPSA) is 55.6 Å². The summed E-state index contributed by atoms with van der Waals surface area (Å²) in [4.78, 5) is 13.7. The molecule has 4 nitrogen and oxygen atoms in total. The van der Waals surface area contributed by atoms with Gasteiger partial charge >= 0.3 is 0 Å². The number of nitrogens with two attached hydrogens (primary N) is 1. The Hall–Kier alpha value is -2.33. The molecule has 1 amide bonds. The standard InChI is InChI=1S/C18H20N2O2/c1-20(2)18(21)14-7-3-5-12(9-14)16-8-4-6-13-10-15(11-19)22-17(13)16/h3-9,15H,10-11,19H2,1-2H3. The van der Waals surface area contributed by atoms with E-state index < -0.39 is 0 Å². The minimum atomic E-state index is -0.00446. The van der Waals surface area contributed by atoms with Gasteiger partial charge in [0.25, 0.3) is 5.91 Å². The molecule has 1 heterocycles. The Morgan fingerprint density at radius 1 is 1.27 bits per heavy atom. The summed E-state index contributed by atoms with van der Waals surface area (Å²) >= 11 is 0. The van der Waals surface area contributed by atoms with Gasteiger partial charge < -0.3 is 15.4 Å². The lowest BCUT2D eigenvalue weighted by Crippen LogP contribution is -2.24. The molecule has 0 spiro atoms. The highest BCUT2D eigenvalue weighted by atomic mass is 16.5. The summed E-state index contributed by atoms with van der Waals surface area (Å²) in [6.45, 7) is 0.507. The quantitative estimate of drug-likeness (QED) is 0.945. The van der Waals surface area contributed by atoms with Crippen molar-refractivity contribution >= 4 is 5.91 Å². The molecule has 0 aliphatic carbocycles. The van der Waals surface area contributed by atoms with Crippen LogP contribution in [0.15, 0.2) is 42.5 Å². The number of carbonyl (C=O) groups is 1. The molecule has 4 heteroatoms. The number of carbonyl (C=O) groups excluding carboxylic acids is 1. The van der Waals surface area contributed by atoms with Gasteiger partial charge in [-0.05, 0) is 23.3 Å². The van der Waals surface area contributed by atoms with Crippen molar-refractivity contribution in [2.75, 3.05) is 20.6 Å². The predicted octanol–water partition coefficient (Wildman–Crippen LogP) is 2.32. The smallest absolute Gasteiger partial charge is 0.253 e. The van der Waals surface area contributed by atoms with Gasteiger partial charge in [0.15, 0.2) is 0 Å². The van der Waals surface area contributed by atoms with Crippen LogP contribution in [-0.2, 0) is 6.42 Å². The molecule has 1 aliphatic rings. The van der Waals surface area contributed by atoms with Crippen molar-refractivity contribution in [1.29, 1.82) is 0 Å². The lowest BCUT2D eigenvalue weighted by atomic mass is 9.99. The summed E-state index contributed by atoms with van der Waals surface area (Å²) in [7, 11) is 3.51. The van der Waals surface area contributed by atoms with E-state index in [0.29, 0.717) is 12.1 Å². The van der Waals surface area contributed by atoms with Gasteiger partial charge in [-0.15, -0.1) is 0 Å². The molecule has 2 N–H and O–H groups in total. The minimum Gasteiger partial charge on any atom is -0.488 e. The van der Waals surface area contributed by atoms with Crippen LogP contribution >= 0.6 is 0 Å². The van der Waals surface area contributed by atoms with Gasteiger partial charge in [0.05, 0.1) is 0 Å². The van der Waals surface area contributed by atoms with Crippen molar-refractivity contribution in [1.82, 2.24) is 4.90 Å². The highest BCUT2D eigenvalue weighted by Gasteiger charge is 2.24. The average molecular weight is 296 g/mol. The van der Waals surface area contributed by atoms with Crippen molar-refractivity contribution in [3.63, 3.8) is 0 Å². The molecule has 0 aromatic heterocycles. The van der Waals surface area contributed by atoms with Crippen molar-refractivity contribution in [2.24, 2.45) is 5.73 Å². The van der Waals surface area contributed by atoms with Crippen LogP contribution in [0.2, 0.25) is 0 Å². The summed E-state index contributed by atoms with van der Waals surface area (Å²) in [6.07, 6.45) is 0.887. The van der Waals surface area contributed by atoms with Gasteiger partial charge in [0.2, 0.25) is 0 Å². The van der Waals surface area contributed by atoms with E-state index in [9.17, 15) is 4.79 Å². The Labute approximate surface area is 130 Å². The van der Waals surface area contributed by atoms with Crippen molar-refractivity contribution < 1.29 is 9.53 Å². The first kappa shape index (κ1) is 14.6. The van der Waals surface area contributed by atoms with Crippen LogP contribution in [0.3, 0.4) is 0 Å². The van der Waals surface area contributed by atoms with E-state index in [-0.39, 0.29) is 12.0 Å². The van der Waals surface area contributed by atoms with Gasteiger partial charge in [0.1, 0.15) is 11.9 Å². The summed E-state index contributed by atoms with van der Waals surface area (Å²) in [6, 6.07) is 13.8. The van der Waals surface area contributed by atoms with Crippen LogP contribution in [0.5, 0.6) is 5.75 Å². The van der Waals surface area contributed by atoms with Gasteiger partial charge in [-0.2, -0.15) is 0 Å². The number of amides is 1. The molecule has 0 fully saturated rings. The summed E-state index contributed by atoms with van der Waals surface area (Å²) < 4.78 is 5.97. The van der Waals surface area contributed by atoms with Crippen LogP contribution < -0.4 is 10.5 Å². The van der Waals surface area contributed by atoms with E-state index in [1.165, 1.54) is 5.56 Å². The normalized spacial score (nSPS) is 16.0. The van der Waals surface area contributed by atoms with Gasteiger partial charge in [-0.1, -0.05) is 30.3 Å². The first-order valence-corrected chi connectivity index (χ1v) is 7.41. The van der Waals surface area contributed by atoms with E-state index in [2.05, 4.69) is 6.07 Å². The summed E-state index contributed by atoms with van der Waals surface area (Å²) in [5.41, 5.74) is 9.58. The SMILES string of the molecule is CN(C)C(=O)c1cccc(-c2cccc3c2OC(CN)C3)c1. The average Bonchev–Trinajstić information content (AvgIpc) is 2.97. The molecule has 2 aromatic carbocycles. The molecular formula is C18H20N2O2. The second-order valence-corrected chi connectivity index (χ2v) is 5.75. The highest BCUT2D eigenvalue weighted by Crippen LogP contribution is 2.38. The Morgan fingerprint density at radius 2 is 2.05 bits per heavy atom. The van der Waals surface area contributed by atoms with Crippen molar-refractivity contribution in [3.05, 3.63) is 53.6 Å². The molecule has 0 saturated carbocycles. The fourth-order valence-corrected chi connectivity index (χ4v) is 2.78. The molecule has 3 rings (SSSR count). The molecule has 114 valence electrons. The van der Waals surface area contributed by atoms with Gasteiger partial charge in [0, 0.05) is 38.2 Å². The highest BCUT2D eigenvalue weighted by molar-refractivity contribution is 5.95. The zero-order chi connectivity index (χ0) is 15.7. The first-order valence-electron chi connectivity index (χ1n) is 7.41. The number of fused-ring (bicyclic) bond motifs is 1. The van der Waals surface area contributed by atoms with Crippen LogP contribution in [-0.4, -0.2) is 37.6 Å². The number of para-hydroxylation sites is 1. The van der Waals surface area contributed by atoms with E-state index >= 15 is 0 Å². The second-order valence-electron chi connectivity index (χ2n) is 5.75. The van der Waals surface area contributed by atoms with E-state index in [1.807, 2.05) is 36.4 Å². The largest absolute Gasteiger partial charge is 0.488 e. The lowest BCUT2D eigenvalue weighted by Gasteiger charge is -2.13.